The van der Waals surface area contributed by atoms with Gasteiger partial charge in [-0.1, -0.05) is 44.2 Å². The maximum atomic E-state index is 12.7. The minimum atomic E-state index is -0.523. The first-order valence-corrected chi connectivity index (χ1v) is 9.68. The number of hydrogen-bond donors (Lipinski definition) is 4. The van der Waals surface area contributed by atoms with Crippen molar-refractivity contribution in [3.8, 4) is 0 Å². The van der Waals surface area contributed by atoms with E-state index in [2.05, 4.69) is 16.0 Å². The molecule has 0 aliphatic carbocycles. The first-order chi connectivity index (χ1) is 13.4. The molecule has 0 aliphatic rings. The zero-order valence-corrected chi connectivity index (χ0v) is 18.0. The molecule has 0 radical (unpaired) electrons. The summed E-state index contributed by atoms with van der Waals surface area (Å²) in [5, 5.41) is 8.63. The number of para-hydroxylation sites is 1. The molecule has 0 spiro atoms. The van der Waals surface area contributed by atoms with Gasteiger partial charge in [0, 0.05) is 17.9 Å². The number of halogens is 1. The van der Waals surface area contributed by atoms with Crippen molar-refractivity contribution in [3.63, 3.8) is 0 Å². The number of hydrogen-bond acceptors (Lipinski definition) is 3. The molecule has 0 aromatic heterocycles. The summed E-state index contributed by atoms with van der Waals surface area (Å²) in [4.78, 5) is 24.7. The second-order valence-electron chi connectivity index (χ2n) is 6.95. The van der Waals surface area contributed by atoms with Gasteiger partial charge in [-0.2, -0.15) is 0 Å². The van der Waals surface area contributed by atoms with Gasteiger partial charge in [-0.3, -0.25) is 4.79 Å². The fraction of sp³-hybridized carbons (Fsp3) is 0.364. The van der Waals surface area contributed by atoms with Gasteiger partial charge in [0.15, 0.2) is 0 Å². The van der Waals surface area contributed by atoms with Crippen molar-refractivity contribution >= 4 is 35.7 Å². The van der Waals surface area contributed by atoms with Crippen LogP contribution >= 0.6 is 12.4 Å². The van der Waals surface area contributed by atoms with Crippen molar-refractivity contribution in [3.05, 3.63) is 60.2 Å². The van der Waals surface area contributed by atoms with E-state index in [1.54, 1.807) is 0 Å². The fourth-order valence-electron chi connectivity index (χ4n) is 3.06. The molecule has 7 heteroatoms. The predicted octanol–water partition coefficient (Wildman–Crippen LogP) is 4.69. The maximum Gasteiger partial charge on any atom is 0.323 e. The van der Waals surface area contributed by atoms with Crippen LogP contribution in [0.15, 0.2) is 54.6 Å². The highest BCUT2D eigenvalue weighted by atomic mass is 35.5. The van der Waals surface area contributed by atoms with Crippen LogP contribution in [0.3, 0.4) is 0 Å². The van der Waals surface area contributed by atoms with Crippen molar-refractivity contribution in [2.75, 3.05) is 17.2 Å². The summed E-state index contributed by atoms with van der Waals surface area (Å²) >= 11 is 0. The van der Waals surface area contributed by atoms with Crippen LogP contribution in [0.4, 0.5) is 16.2 Å². The zero-order chi connectivity index (χ0) is 20.6. The van der Waals surface area contributed by atoms with Crippen LogP contribution in [0.25, 0.3) is 0 Å². The molecule has 0 saturated heterocycles. The van der Waals surface area contributed by atoms with Gasteiger partial charge >= 0.3 is 6.03 Å². The van der Waals surface area contributed by atoms with Gasteiger partial charge in [0.1, 0.15) is 0 Å². The van der Waals surface area contributed by atoms with Crippen LogP contribution in [0, 0.1) is 5.41 Å². The Bertz CT molecular complexity index is 769. The van der Waals surface area contributed by atoms with Crippen molar-refractivity contribution in [1.82, 2.24) is 5.32 Å². The Morgan fingerprint density at radius 1 is 0.931 bits per heavy atom. The first-order valence-electron chi connectivity index (χ1n) is 9.68. The summed E-state index contributed by atoms with van der Waals surface area (Å²) in [6, 6.07) is 16.2. The third kappa shape index (κ3) is 6.48. The molecule has 0 heterocycles. The molecule has 2 rings (SSSR count). The topological polar surface area (TPSA) is 96.2 Å². The first kappa shape index (κ1) is 24.5. The Balaban J connectivity index is 0.00000420. The van der Waals surface area contributed by atoms with E-state index in [0.717, 1.165) is 11.3 Å². The average Bonchev–Trinajstić information content (AvgIpc) is 2.71. The summed E-state index contributed by atoms with van der Waals surface area (Å²) < 4.78 is 0. The Morgan fingerprint density at radius 3 is 1.93 bits per heavy atom. The molecule has 1 unspecified atom stereocenters. The third-order valence-electron chi connectivity index (χ3n) is 5.27. The van der Waals surface area contributed by atoms with Crippen molar-refractivity contribution < 1.29 is 9.59 Å². The molecule has 0 aliphatic heterocycles. The minimum Gasteiger partial charge on any atom is -0.349 e. The number of nitrogens with two attached hydrogens (primary N) is 1. The van der Waals surface area contributed by atoms with Gasteiger partial charge in [0.2, 0.25) is 5.91 Å². The Hall–Kier alpha value is -2.57. The molecule has 0 bridgehead atoms. The lowest BCUT2D eigenvalue weighted by molar-refractivity contribution is -0.131. The van der Waals surface area contributed by atoms with Gasteiger partial charge in [-0.15, -0.1) is 12.4 Å². The van der Waals surface area contributed by atoms with E-state index in [1.165, 1.54) is 0 Å². The lowest BCUT2D eigenvalue weighted by Gasteiger charge is -2.30. The van der Waals surface area contributed by atoms with Gasteiger partial charge < -0.3 is 21.7 Å². The minimum absolute atomic E-state index is 0. The SMILES string of the molecule is CCC(CC)(CN)C(=O)NC(C)c1ccc(NC(=O)Nc2ccccc2)cc1.Cl. The standard InChI is InChI=1S/C22H30N4O2.ClH/c1-4-22(5-2,15-23)20(27)24-16(3)17-11-13-19(14-12-17)26-21(28)25-18-9-7-6-8-10-18;/h6-14,16H,4-5,15,23H2,1-3H3,(H,24,27)(H2,25,26,28);1H. The summed E-state index contributed by atoms with van der Waals surface area (Å²) in [5.74, 6) is -0.0167. The largest absolute Gasteiger partial charge is 0.349 e. The summed E-state index contributed by atoms with van der Waals surface area (Å²) in [5.41, 5.74) is 7.70. The van der Waals surface area contributed by atoms with E-state index in [-0.39, 0.29) is 30.4 Å². The van der Waals surface area contributed by atoms with Crippen LogP contribution in [-0.2, 0) is 4.79 Å². The Labute approximate surface area is 179 Å². The smallest absolute Gasteiger partial charge is 0.323 e. The molecule has 5 N–H and O–H groups in total. The quantitative estimate of drug-likeness (QED) is 0.500. The van der Waals surface area contributed by atoms with Gasteiger partial charge in [-0.25, -0.2) is 4.79 Å². The molecule has 6 nitrogen and oxygen atoms in total. The molecule has 158 valence electrons. The molecule has 0 saturated carbocycles. The zero-order valence-electron chi connectivity index (χ0n) is 17.2. The van der Waals surface area contributed by atoms with E-state index in [1.807, 2.05) is 75.4 Å². The molecular weight excluding hydrogens is 388 g/mol. The van der Waals surface area contributed by atoms with Crippen molar-refractivity contribution in [2.24, 2.45) is 11.1 Å². The van der Waals surface area contributed by atoms with Crippen LogP contribution < -0.4 is 21.7 Å². The summed E-state index contributed by atoms with van der Waals surface area (Å²) in [7, 11) is 0. The van der Waals surface area contributed by atoms with E-state index >= 15 is 0 Å². The van der Waals surface area contributed by atoms with Gasteiger partial charge in [-0.05, 0) is 49.6 Å². The van der Waals surface area contributed by atoms with E-state index in [9.17, 15) is 9.59 Å². The van der Waals surface area contributed by atoms with E-state index in [0.29, 0.717) is 25.1 Å². The third-order valence-corrected chi connectivity index (χ3v) is 5.27. The summed E-state index contributed by atoms with van der Waals surface area (Å²) in [6.07, 6.45) is 1.41. The summed E-state index contributed by atoms with van der Waals surface area (Å²) in [6.45, 7) is 6.25. The van der Waals surface area contributed by atoms with Crippen LogP contribution in [0.1, 0.15) is 45.2 Å². The fourth-order valence-corrected chi connectivity index (χ4v) is 3.06. The normalized spacial score (nSPS) is 11.7. The molecule has 3 amide bonds. The monoisotopic (exact) mass is 418 g/mol. The average molecular weight is 419 g/mol. The lowest BCUT2D eigenvalue weighted by atomic mass is 9.81. The van der Waals surface area contributed by atoms with Gasteiger partial charge in [0.25, 0.3) is 0 Å². The number of anilines is 2. The highest BCUT2D eigenvalue weighted by molar-refractivity contribution is 5.99. The molecule has 2 aromatic rings. The predicted molar refractivity (Wildman–Crippen MR) is 121 cm³/mol. The number of carbonyl (C=O) groups excluding carboxylic acids is 2. The van der Waals surface area contributed by atoms with Gasteiger partial charge in [0.05, 0.1) is 11.5 Å². The Kier molecular flexibility index (Phi) is 9.65. The van der Waals surface area contributed by atoms with E-state index < -0.39 is 5.41 Å². The highest BCUT2D eigenvalue weighted by Crippen LogP contribution is 2.27. The van der Waals surface area contributed by atoms with Crippen molar-refractivity contribution in [1.29, 1.82) is 0 Å². The molecular formula is C22H31ClN4O2. The molecule has 1 atom stereocenters. The number of amides is 3. The van der Waals surface area contributed by atoms with Crippen LogP contribution in [0.5, 0.6) is 0 Å². The van der Waals surface area contributed by atoms with Crippen LogP contribution in [0.2, 0.25) is 0 Å². The number of rotatable bonds is 8. The van der Waals surface area contributed by atoms with Crippen molar-refractivity contribution in [2.45, 2.75) is 39.7 Å². The number of carbonyl (C=O) groups is 2. The molecule has 0 fully saturated rings. The van der Waals surface area contributed by atoms with Crippen LogP contribution in [-0.4, -0.2) is 18.5 Å². The number of nitrogens with one attached hydrogen (secondary N) is 3. The highest BCUT2D eigenvalue weighted by Gasteiger charge is 2.34. The lowest BCUT2D eigenvalue weighted by Crippen LogP contribution is -2.46. The molecule has 29 heavy (non-hydrogen) atoms. The Morgan fingerprint density at radius 2 is 1.45 bits per heavy atom. The molecule has 2 aromatic carbocycles. The maximum absolute atomic E-state index is 12.7. The van der Waals surface area contributed by atoms with E-state index in [4.69, 9.17) is 5.73 Å². The second-order valence-corrected chi connectivity index (χ2v) is 6.95. The number of benzene rings is 2. The second kappa shape index (κ2) is 11.4. The number of urea groups is 1.